The van der Waals surface area contributed by atoms with E-state index >= 15 is 0 Å². The van der Waals surface area contributed by atoms with Crippen LogP contribution in [-0.2, 0) is 17.5 Å². The van der Waals surface area contributed by atoms with Crippen LogP contribution in [0.1, 0.15) is 27.9 Å². The fourth-order valence-electron chi connectivity index (χ4n) is 2.99. The molecule has 3 rings (SSSR count). The van der Waals surface area contributed by atoms with Crippen LogP contribution in [0, 0.1) is 5.21 Å². The molecule has 0 spiro atoms. The predicted octanol–water partition coefficient (Wildman–Crippen LogP) is 1.87. The Morgan fingerprint density at radius 3 is 2.56 bits per heavy atom. The number of hydrogen-bond donors (Lipinski definition) is 1. The molecule has 2 heterocycles. The molecule has 1 saturated heterocycles. The number of carbonyl (C=O) groups excluding carboxylic acids is 2. The molecule has 6 nitrogen and oxygen atoms in total. The summed E-state index contributed by atoms with van der Waals surface area (Å²) >= 11 is 0. The molecule has 1 aromatic heterocycles. The number of halogens is 3. The molecule has 1 atom stereocenters. The van der Waals surface area contributed by atoms with Gasteiger partial charge >= 0.3 is 6.18 Å². The molecule has 1 unspecified atom stereocenters. The molecule has 1 fully saturated rings. The van der Waals surface area contributed by atoms with Crippen LogP contribution in [-0.4, -0.2) is 29.3 Å². The summed E-state index contributed by atoms with van der Waals surface area (Å²) in [6, 6.07) is 7.28. The van der Waals surface area contributed by atoms with E-state index in [4.69, 9.17) is 0 Å². The second-order valence-corrected chi connectivity index (χ2v) is 6.25. The van der Waals surface area contributed by atoms with E-state index in [0.717, 1.165) is 6.07 Å². The second kappa shape index (κ2) is 7.26. The van der Waals surface area contributed by atoms with Gasteiger partial charge in [-0.05, 0) is 11.6 Å². The smallest absolute Gasteiger partial charge is 0.416 e. The van der Waals surface area contributed by atoms with E-state index in [9.17, 15) is 28.0 Å². The van der Waals surface area contributed by atoms with Gasteiger partial charge in [0, 0.05) is 31.6 Å². The molecule has 9 heteroatoms. The van der Waals surface area contributed by atoms with Crippen molar-refractivity contribution >= 4 is 11.8 Å². The first-order valence-electron chi connectivity index (χ1n) is 8.16. The largest absolute Gasteiger partial charge is 0.619 e. The first-order valence-corrected chi connectivity index (χ1v) is 8.16. The highest BCUT2D eigenvalue weighted by Gasteiger charge is 2.36. The van der Waals surface area contributed by atoms with Crippen molar-refractivity contribution in [1.29, 1.82) is 0 Å². The topological polar surface area (TPSA) is 76.4 Å². The number of rotatable bonds is 4. The van der Waals surface area contributed by atoms with Gasteiger partial charge in [-0.1, -0.05) is 18.2 Å². The molecule has 1 aromatic carbocycles. The van der Waals surface area contributed by atoms with Gasteiger partial charge in [0.2, 0.25) is 5.91 Å². The maximum atomic E-state index is 13.1. The Morgan fingerprint density at radius 2 is 1.89 bits per heavy atom. The van der Waals surface area contributed by atoms with Crippen LogP contribution < -0.4 is 10.0 Å². The molecule has 0 radical (unpaired) electrons. The Hall–Kier alpha value is -3.10. The predicted molar refractivity (Wildman–Crippen MR) is 88.1 cm³/mol. The van der Waals surface area contributed by atoms with Crippen molar-refractivity contribution in [2.75, 3.05) is 6.54 Å². The van der Waals surface area contributed by atoms with Gasteiger partial charge in [-0.25, -0.2) is 0 Å². The van der Waals surface area contributed by atoms with Crippen molar-refractivity contribution < 1.29 is 27.5 Å². The number of benzene rings is 1. The Balaban J connectivity index is 1.66. The van der Waals surface area contributed by atoms with Crippen molar-refractivity contribution in [2.24, 2.45) is 0 Å². The molecule has 142 valence electrons. The summed E-state index contributed by atoms with van der Waals surface area (Å²) in [5.41, 5.74) is -0.510. The number of nitrogens with one attached hydrogen (secondary N) is 1. The van der Waals surface area contributed by atoms with Gasteiger partial charge in [0.25, 0.3) is 5.91 Å². The molecule has 1 N–H and O–H groups in total. The van der Waals surface area contributed by atoms with Crippen LogP contribution in [0.2, 0.25) is 0 Å². The minimum Gasteiger partial charge on any atom is -0.619 e. The summed E-state index contributed by atoms with van der Waals surface area (Å²) in [4.78, 5) is 25.6. The van der Waals surface area contributed by atoms with Gasteiger partial charge in [0.05, 0.1) is 17.2 Å². The van der Waals surface area contributed by atoms with E-state index < -0.39 is 23.7 Å². The minimum atomic E-state index is -4.50. The van der Waals surface area contributed by atoms with Gasteiger partial charge in [-0.15, -0.1) is 0 Å². The number of nitrogens with zero attached hydrogens (tertiary/aromatic N) is 2. The minimum absolute atomic E-state index is 0.00776. The van der Waals surface area contributed by atoms with E-state index in [1.165, 1.54) is 47.6 Å². The van der Waals surface area contributed by atoms with Crippen LogP contribution in [0.4, 0.5) is 13.2 Å². The zero-order chi connectivity index (χ0) is 19.6. The summed E-state index contributed by atoms with van der Waals surface area (Å²) in [5, 5.41) is 13.7. The van der Waals surface area contributed by atoms with Crippen molar-refractivity contribution in [2.45, 2.75) is 25.2 Å². The molecule has 0 bridgehead atoms. The van der Waals surface area contributed by atoms with E-state index in [2.05, 4.69) is 5.32 Å². The molecular formula is C18H16F3N3O3. The lowest BCUT2D eigenvalue weighted by atomic mass is 10.1. The van der Waals surface area contributed by atoms with Gasteiger partial charge in [0.15, 0.2) is 12.4 Å². The maximum Gasteiger partial charge on any atom is 0.416 e. The first kappa shape index (κ1) is 18.7. The van der Waals surface area contributed by atoms with Crippen LogP contribution in [0.3, 0.4) is 0 Å². The number of pyridine rings is 1. The molecule has 27 heavy (non-hydrogen) atoms. The molecular weight excluding hydrogens is 363 g/mol. The van der Waals surface area contributed by atoms with E-state index in [0.29, 0.717) is 4.73 Å². The van der Waals surface area contributed by atoms with Crippen molar-refractivity contribution in [3.63, 3.8) is 0 Å². The zero-order valence-electron chi connectivity index (χ0n) is 14.1. The Bertz CT molecular complexity index is 853. The monoisotopic (exact) mass is 379 g/mol. The summed E-state index contributed by atoms with van der Waals surface area (Å²) in [6.07, 6.45) is -2.14. The Kier molecular flexibility index (Phi) is 5.02. The lowest BCUT2D eigenvalue weighted by Gasteiger charge is -2.20. The van der Waals surface area contributed by atoms with Crippen molar-refractivity contribution in [3.8, 4) is 0 Å². The second-order valence-electron chi connectivity index (χ2n) is 6.25. The van der Waals surface area contributed by atoms with Gasteiger partial charge in [-0.3, -0.25) is 9.59 Å². The van der Waals surface area contributed by atoms with E-state index in [1.807, 2.05) is 0 Å². The standard InChI is InChI=1S/C18H16F3N3O3/c19-18(20,21)15-4-2-1-3-13(15)10-23-11-14(9-16(23)25)22-17(26)12-5-7-24(27)8-6-12/h1-8,14H,9-11H2,(H,22,26). The first-order chi connectivity index (χ1) is 12.7. The van der Waals surface area contributed by atoms with E-state index in [1.54, 1.807) is 0 Å². The lowest BCUT2D eigenvalue weighted by Crippen LogP contribution is -2.37. The summed E-state index contributed by atoms with van der Waals surface area (Å²) in [7, 11) is 0. The summed E-state index contributed by atoms with van der Waals surface area (Å²) < 4.78 is 39.8. The average Bonchev–Trinajstić information content (AvgIpc) is 2.94. The van der Waals surface area contributed by atoms with Crippen LogP contribution >= 0.6 is 0 Å². The van der Waals surface area contributed by atoms with Crippen molar-refractivity contribution in [1.82, 2.24) is 10.2 Å². The fraction of sp³-hybridized carbons (Fsp3) is 0.278. The van der Waals surface area contributed by atoms with Crippen LogP contribution in [0.25, 0.3) is 0 Å². The maximum absolute atomic E-state index is 13.1. The third-order valence-corrected chi connectivity index (χ3v) is 4.30. The highest BCUT2D eigenvalue weighted by molar-refractivity contribution is 5.94. The van der Waals surface area contributed by atoms with Gasteiger partial charge in [0.1, 0.15) is 0 Å². The van der Waals surface area contributed by atoms with Gasteiger partial charge < -0.3 is 15.4 Å². The molecule has 0 aliphatic carbocycles. The Morgan fingerprint density at radius 1 is 1.22 bits per heavy atom. The SMILES string of the molecule is O=C(NC1CC(=O)N(Cc2ccccc2C(F)(F)F)C1)c1cc[n+]([O-])cc1. The number of hydrogen-bond acceptors (Lipinski definition) is 3. The third-order valence-electron chi connectivity index (χ3n) is 4.30. The quantitative estimate of drug-likeness (QED) is 0.651. The molecule has 1 aliphatic heterocycles. The molecule has 0 saturated carbocycles. The number of amides is 2. The van der Waals surface area contributed by atoms with Crippen LogP contribution in [0.15, 0.2) is 48.8 Å². The van der Waals surface area contributed by atoms with Crippen LogP contribution in [0.5, 0.6) is 0 Å². The number of carbonyl (C=O) groups is 2. The zero-order valence-corrected chi connectivity index (χ0v) is 14.1. The number of likely N-dealkylation sites (tertiary alicyclic amines) is 1. The highest BCUT2D eigenvalue weighted by Crippen LogP contribution is 2.32. The third kappa shape index (κ3) is 4.36. The fourth-order valence-corrected chi connectivity index (χ4v) is 2.99. The molecule has 1 aliphatic rings. The summed E-state index contributed by atoms with van der Waals surface area (Å²) in [6.45, 7) is -0.0619. The normalized spacial score (nSPS) is 17.2. The van der Waals surface area contributed by atoms with E-state index in [-0.39, 0.29) is 36.5 Å². The van der Waals surface area contributed by atoms with Crippen molar-refractivity contribution in [3.05, 3.63) is 70.7 Å². The van der Waals surface area contributed by atoms with Gasteiger partial charge in [-0.2, -0.15) is 17.9 Å². The number of aromatic nitrogens is 1. The summed E-state index contributed by atoms with van der Waals surface area (Å²) in [5.74, 6) is -0.784. The molecule has 2 amide bonds. The Labute approximate surface area is 152 Å². The average molecular weight is 379 g/mol. The molecule has 2 aromatic rings. The number of alkyl halides is 3. The lowest BCUT2D eigenvalue weighted by molar-refractivity contribution is -0.605. The highest BCUT2D eigenvalue weighted by atomic mass is 19.4.